The minimum absolute atomic E-state index is 0.203. The molecule has 1 N–H and O–H groups in total. The van der Waals surface area contributed by atoms with Crippen LogP contribution in [0, 0.1) is 0 Å². The number of hydrogen-bond acceptors (Lipinski definition) is 5. The fraction of sp³-hybridized carbons (Fsp3) is 0.750. The van der Waals surface area contributed by atoms with Crippen LogP contribution in [0.4, 0.5) is 4.79 Å². The van der Waals surface area contributed by atoms with Crippen molar-refractivity contribution in [3.63, 3.8) is 0 Å². The normalized spacial score (nSPS) is 23.1. The molecule has 7 heteroatoms. The summed E-state index contributed by atoms with van der Waals surface area (Å²) < 4.78 is 9.73. The molecule has 1 amide bonds. The Kier molecular flexibility index (Phi) is 4.39. The highest BCUT2D eigenvalue weighted by Crippen LogP contribution is 2.27. The second kappa shape index (κ2) is 5.46. The standard InChI is InChI=1S/C12H19NO6/c1-12(2,3)19-11(17)13-7(9(14)15)5-6-8(13)10(16)18-4/h7-8H,5-6H2,1-4H3,(H,14,15). The van der Waals surface area contributed by atoms with Crippen LogP contribution >= 0.6 is 0 Å². The molecule has 0 aliphatic carbocycles. The van der Waals surface area contributed by atoms with E-state index in [2.05, 4.69) is 4.74 Å². The number of esters is 1. The molecule has 0 bridgehead atoms. The number of methoxy groups -OCH3 is 1. The van der Waals surface area contributed by atoms with E-state index in [0.29, 0.717) is 0 Å². The first-order valence-electron chi connectivity index (χ1n) is 5.99. The molecule has 1 fully saturated rings. The van der Waals surface area contributed by atoms with Crippen LogP contribution in [0.5, 0.6) is 0 Å². The minimum atomic E-state index is -1.16. The van der Waals surface area contributed by atoms with Crippen molar-refractivity contribution in [2.24, 2.45) is 0 Å². The molecule has 1 aliphatic heterocycles. The van der Waals surface area contributed by atoms with Crippen molar-refractivity contribution in [1.29, 1.82) is 0 Å². The fourth-order valence-electron chi connectivity index (χ4n) is 1.99. The first kappa shape index (κ1) is 15.3. The van der Waals surface area contributed by atoms with Crippen molar-refractivity contribution >= 4 is 18.0 Å². The zero-order valence-corrected chi connectivity index (χ0v) is 11.5. The Morgan fingerprint density at radius 3 is 2.11 bits per heavy atom. The largest absolute Gasteiger partial charge is 0.480 e. The third-order valence-electron chi connectivity index (χ3n) is 2.75. The molecule has 1 aliphatic rings. The highest BCUT2D eigenvalue weighted by molar-refractivity contribution is 5.87. The Bertz CT molecular complexity index is 386. The van der Waals surface area contributed by atoms with Crippen LogP contribution in [0.25, 0.3) is 0 Å². The lowest BCUT2D eigenvalue weighted by atomic mass is 10.2. The van der Waals surface area contributed by atoms with Gasteiger partial charge in [-0.15, -0.1) is 0 Å². The lowest BCUT2D eigenvalue weighted by Gasteiger charge is -2.29. The van der Waals surface area contributed by atoms with E-state index in [1.807, 2.05) is 0 Å². The van der Waals surface area contributed by atoms with Gasteiger partial charge in [-0.3, -0.25) is 4.90 Å². The second-order valence-electron chi connectivity index (χ2n) is 5.36. The van der Waals surface area contributed by atoms with E-state index in [1.54, 1.807) is 20.8 Å². The van der Waals surface area contributed by atoms with Crippen molar-refractivity contribution in [2.45, 2.75) is 51.3 Å². The smallest absolute Gasteiger partial charge is 0.411 e. The van der Waals surface area contributed by atoms with Crippen molar-refractivity contribution in [1.82, 2.24) is 4.90 Å². The molecule has 2 atom stereocenters. The number of ether oxygens (including phenoxy) is 2. The third kappa shape index (κ3) is 3.59. The van der Waals surface area contributed by atoms with E-state index in [9.17, 15) is 14.4 Å². The summed E-state index contributed by atoms with van der Waals surface area (Å²) in [5, 5.41) is 9.10. The molecule has 19 heavy (non-hydrogen) atoms. The van der Waals surface area contributed by atoms with Crippen molar-refractivity contribution < 1.29 is 29.0 Å². The minimum Gasteiger partial charge on any atom is -0.480 e. The quantitative estimate of drug-likeness (QED) is 0.755. The molecule has 1 saturated heterocycles. The van der Waals surface area contributed by atoms with Gasteiger partial charge < -0.3 is 14.6 Å². The molecular weight excluding hydrogens is 254 g/mol. The number of rotatable bonds is 2. The predicted molar refractivity (Wildman–Crippen MR) is 64.5 cm³/mol. The van der Waals surface area contributed by atoms with Crippen molar-refractivity contribution in [2.75, 3.05) is 7.11 Å². The number of carbonyl (C=O) groups is 3. The zero-order chi connectivity index (χ0) is 14.8. The van der Waals surface area contributed by atoms with Gasteiger partial charge in [0.1, 0.15) is 17.7 Å². The summed E-state index contributed by atoms with van der Waals surface area (Å²) in [6.45, 7) is 5.01. The van der Waals surface area contributed by atoms with Gasteiger partial charge in [0.05, 0.1) is 7.11 Å². The van der Waals surface area contributed by atoms with Crippen LogP contribution in [0.2, 0.25) is 0 Å². The molecule has 7 nitrogen and oxygen atoms in total. The van der Waals surface area contributed by atoms with E-state index < -0.39 is 35.7 Å². The maximum absolute atomic E-state index is 12.0. The van der Waals surface area contributed by atoms with E-state index >= 15 is 0 Å². The number of amides is 1. The molecule has 108 valence electrons. The van der Waals surface area contributed by atoms with Gasteiger partial charge in [0, 0.05) is 0 Å². The molecule has 0 aromatic carbocycles. The molecule has 1 heterocycles. The first-order chi connectivity index (χ1) is 8.67. The van der Waals surface area contributed by atoms with E-state index in [0.717, 1.165) is 4.90 Å². The van der Waals surface area contributed by atoms with Crippen LogP contribution in [0.15, 0.2) is 0 Å². The summed E-state index contributed by atoms with van der Waals surface area (Å²) in [4.78, 5) is 35.7. The number of carboxylic acids is 1. The van der Waals surface area contributed by atoms with Crippen LogP contribution in [0.1, 0.15) is 33.6 Å². The molecule has 0 aromatic heterocycles. The topological polar surface area (TPSA) is 93.1 Å². The highest BCUT2D eigenvalue weighted by Gasteiger charge is 2.46. The fourth-order valence-corrected chi connectivity index (χ4v) is 1.99. The Labute approximate surface area is 111 Å². The van der Waals surface area contributed by atoms with Gasteiger partial charge in [0.2, 0.25) is 0 Å². The van der Waals surface area contributed by atoms with E-state index in [-0.39, 0.29) is 12.8 Å². The van der Waals surface area contributed by atoms with Crippen LogP contribution in [0.3, 0.4) is 0 Å². The lowest BCUT2D eigenvalue weighted by Crippen LogP contribution is -2.50. The monoisotopic (exact) mass is 273 g/mol. The Morgan fingerprint density at radius 2 is 1.68 bits per heavy atom. The summed E-state index contributed by atoms with van der Waals surface area (Å²) >= 11 is 0. The average Bonchev–Trinajstić information content (AvgIpc) is 2.70. The second-order valence-corrected chi connectivity index (χ2v) is 5.36. The van der Waals surface area contributed by atoms with Gasteiger partial charge in [-0.2, -0.15) is 0 Å². The SMILES string of the molecule is COC(=O)C1CCC(C(=O)O)N1C(=O)OC(C)(C)C. The molecule has 2 unspecified atom stereocenters. The maximum atomic E-state index is 12.0. The van der Waals surface area contributed by atoms with E-state index in [1.165, 1.54) is 7.11 Å². The van der Waals surface area contributed by atoms with Gasteiger partial charge in [-0.1, -0.05) is 0 Å². The van der Waals surface area contributed by atoms with Gasteiger partial charge in [0.15, 0.2) is 0 Å². The number of nitrogens with zero attached hydrogens (tertiary/aromatic N) is 1. The molecule has 1 rings (SSSR count). The molecule has 0 radical (unpaired) electrons. The number of hydrogen-bond donors (Lipinski definition) is 1. The third-order valence-corrected chi connectivity index (χ3v) is 2.75. The lowest BCUT2D eigenvalue weighted by molar-refractivity contribution is -0.148. The Balaban J connectivity index is 2.95. The van der Waals surface area contributed by atoms with Crippen LogP contribution in [-0.2, 0) is 19.1 Å². The Morgan fingerprint density at radius 1 is 1.16 bits per heavy atom. The number of aliphatic carboxylic acids is 1. The summed E-state index contributed by atoms with van der Waals surface area (Å²) in [7, 11) is 1.20. The van der Waals surface area contributed by atoms with Crippen LogP contribution in [-0.4, -0.2) is 52.8 Å². The number of carbonyl (C=O) groups excluding carboxylic acids is 2. The summed E-state index contributed by atoms with van der Waals surface area (Å²) in [6, 6.07) is -1.96. The maximum Gasteiger partial charge on any atom is 0.411 e. The van der Waals surface area contributed by atoms with E-state index in [4.69, 9.17) is 9.84 Å². The predicted octanol–water partition coefficient (Wildman–Crippen LogP) is 1.01. The molecule has 0 aromatic rings. The van der Waals surface area contributed by atoms with Crippen molar-refractivity contribution in [3.8, 4) is 0 Å². The number of carboxylic acid groups (broad SMARTS) is 1. The zero-order valence-electron chi connectivity index (χ0n) is 11.5. The highest BCUT2D eigenvalue weighted by atomic mass is 16.6. The van der Waals surface area contributed by atoms with Crippen molar-refractivity contribution in [3.05, 3.63) is 0 Å². The molecular formula is C12H19NO6. The van der Waals surface area contributed by atoms with Crippen LogP contribution < -0.4 is 0 Å². The van der Waals surface area contributed by atoms with Gasteiger partial charge >= 0.3 is 18.0 Å². The summed E-state index contributed by atoms with van der Waals surface area (Å²) in [6.07, 6.45) is -0.357. The number of likely N-dealkylation sites (tertiary alicyclic amines) is 1. The van der Waals surface area contributed by atoms with Gasteiger partial charge in [-0.05, 0) is 33.6 Å². The first-order valence-corrected chi connectivity index (χ1v) is 5.99. The van der Waals surface area contributed by atoms with Gasteiger partial charge in [-0.25, -0.2) is 14.4 Å². The Hall–Kier alpha value is -1.79. The summed E-state index contributed by atoms with van der Waals surface area (Å²) in [5.41, 5.74) is -0.761. The summed E-state index contributed by atoms with van der Waals surface area (Å²) in [5.74, 6) is -1.79. The molecule has 0 saturated carbocycles. The van der Waals surface area contributed by atoms with Gasteiger partial charge in [0.25, 0.3) is 0 Å². The molecule has 0 spiro atoms. The average molecular weight is 273 g/mol.